The van der Waals surface area contributed by atoms with Gasteiger partial charge in [-0.25, -0.2) is 4.79 Å². The first kappa shape index (κ1) is 12.2. The second kappa shape index (κ2) is 5.36. The van der Waals surface area contributed by atoms with Crippen molar-refractivity contribution in [2.24, 2.45) is 0 Å². The molecule has 92 valence electrons. The van der Waals surface area contributed by atoms with Gasteiger partial charge in [0.05, 0.1) is 12.8 Å². The summed E-state index contributed by atoms with van der Waals surface area (Å²) < 4.78 is 4.63. The molecule has 0 radical (unpaired) electrons. The van der Waals surface area contributed by atoms with Crippen molar-refractivity contribution in [2.75, 3.05) is 12.4 Å². The molecular formula is C15H15NO2. The van der Waals surface area contributed by atoms with E-state index in [2.05, 4.69) is 10.1 Å². The lowest BCUT2D eigenvalue weighted by Crippen LogP contribution is -2.11. The summed E-state index contributed by atoms with van der Waals surface area (Å²) in [6, 6.07) is 15.9. The molecule has 0 saturated heterocycles. The lowest BCUT2D eigenvalue weighted by atomic mass is 10.0. The summed E-state index contributed by atoms with van der Waals surface area (Å²) in [5.74, 6) is 0. The molecule has 1 N–H and O–H groups in total. The zero-order valence-corrected chi connectivity index (χ0v) is 10.4. The van der Waals surface area contributed by atoms with Crippen LogP contribution in [0.2, 0.25) is 0 Å². The molecule has 0 spiro atoms. The van der Waals surface area contributed by atoms with Crippen LogP contribution in [0.3, 0.4) is 0 Å². The van der Waals surface area contributed by atoms with Gasteiger partial charge in [-0.15, -0.1) is 0 Å². The van der Waals surface area contributed by atoms with Crippen LogP contribution in [0.1, 0.15) is 5.56 Å². The number of amides is 1. The van der Waals surface area contributed by atoms with E-state index < -0.39 is 6.09 Å². The number of carbonyl (C=O) groups is 1. The highest BCUT2D eigenvalue weighted by atomic mass is 16.5. The fraction of sp³-hybridized carbons (Fsp3) is 0.133. The number of carbonyl (C=O) groups excluding carboxylic acids is 1. The molecule has 0 aliphatic rings. The molecule has 3 heteroatoms. The maximum atomic E-state index is 11.3. The first-order chi connectivity index (χ1) is 8.70. The van der Waals surface area contributed by atoms with E-state index in [9.17, 15) is 4.79 Å². The lowest BCUT2D eigenvalue weighted by Gasteiger charge is -2.11. The third kappa shape index (κ3) is 2.69. The monoisotopic (exact) mass is 241 g/mol. The summed E-state index contributed by atoms with van der Waals surface area (Å²) in [6.45, 7) is 1.98. The number of ether oxygens (including phenoxy) is 1. The Bertz CT molecular complexity index is 550. The Morgan fingerprint density at radius 2 is 1.83 bits per heavy atom. The second-order valence-corrected chi connectivity index (χ2v) is 4.03. The first-order valence-corrected chi connectivity index (χ1v) is 5.72. The van der Waals surface area contributed by atoms with Gasteiger partial charge in [0, 0.05) is 5.56 Å². The highest BCUT2D eigenvalue weighted by Crippen LogP contribution is 2.28. The van der Waals surface area contributed by atoms with E-state index in [1.807, 2.05) is 55.5 Å². The van der Waals surface area contributed by atoms with E-state index in [0.717, 1.165) is 22.4 Å². The highest BCUT2D eigenvalue weighted by Gasteiger charge is 2.08. The molecule has 3 nitrogen and oxygen atoms in total. The third-order valence-corrected chi connectivity index (χ3v) is 2.68. The summed E-state index contributed by atoms with van der Waals surface area (Å²) in [7, 11) is 1.35. The van der Waals surface area contributed by atoms with Crippen molar-refractivity contribution < 1.29 is 9.53 Å². The predicted molar refractivity (Wildman–Crippen MR) is 72.6 cm³/mol. The van der Waals surface area contributed by atoms with Crippen molar-refractivity contribution in [1.29, 1.82) is 0 Å². The Balaban J connectivity index is 2.44. The van der Waals surface area contributed by atoms with Gasteiger partial charge in [-0.05, 0) is 24.1 Å². The first-order valence-electron chi connectivity index (χ1n) is 5.72. The predicted octanol–water partition coefficient (Wildman–Crippen LogP) is 3.84. The summed E-state index contributed by atoms with van der Waals surface area (Å²) in [5.41, 5.74) is 3.88. The molecule has 0 unspecified atom stereocenters. The molecule has 2 aromatic carbocycles. The van der Waals surface area contributed by atoms with E-state index in [1.165, 1.54) is 7.11 Å². The zero-order chi connectivity index (χ0) is 13.0. The SMILES string of the molecule is COC(=O)Nc1cc(C)ccc1-c1ccccc1. The Morgan fingerprint density at radius 1 is 1.11 bits per heavy atom. The van der Waals surface area contributed by atoms with Gasteiger partial charge < -0.3 is 4.74 Å². The van der Waals surface area contributed by atoms with Gasteiger partial charge in [-0.1, -0.05) is 42.5 Å². The van der Waals surface area contributed by atoms with Crippen molar-refractivity contribution in [1.82, 2.24) is 0 Å². The smallest absolute Gasteiger partial charge is 0.411 e. The van der Waals surface area contributed by atoms with Gasteiger partial charge in [0.1, 0.15) is 0 Å². The lowest BCUT2D eigenvalue weighted by molar-refractivity contribution is 0.187. The summed E-state index contributed by atoms with van der Waals surface area (Å²) in [4.78, 5) is 11.3. The molecule has 0 saturated carbocycles. The molecule has 2 aromatic rings. The van der Waals surface area contributed by atoms with Gasteiger partial charge in [0.15, 0.2) is 0 Å². The number of methoxy groups -OCH3 is 1. The van der Waals surface area contributed by atoms with Crippen LogP contribution >= 0.6 is 0 Å². The molecule has 0 atom stereocenters. The minimum Gasteiger partial charge on any atom is -0.453 e. The van der Waals surface area contributed by atoms with Crippen LogP contribution in [-0.4, -0.2) is 13.2 Å². The molecule has 0 aromatic heterocycles. The molecule has 0 aliphatic heterocycles. The topological polar surface area (TPSA) is 38.3 Å². The Hall–Kier alpha value is -2.29. The van der Waals surface area contributed by atoms with Gasteiger partial charge >= 0.3 is 6.09 Å². The third-order valence-electron chi connectivity index (χ3n) is 2.68. The van der Waals surface area contributed by atoms with Crippen molar-refractivity contribution >= 4 is 11.8 Å². The minimum atomic E-state index is -0.460. The van der Waals surface area contributed by atoms with Crippen molar-refractivity contribution in [3.63, 3.8) is 0 Å². The summed E-state index contributed by atoms with van der Waals surface area (Å²) in [6.07, 6.45) is -0.460. The zero-order valence-electron chi connectivity index (χ0n) is 10.4. The highest BCUT2D eigenvalue weighted by molar-refractivity contribution is 5.91. The van der Waals surface area contributed by atoms with E-state index in [1.54, 1.807) is 0 Å². The van der Waals surface area contributed by atoms with Crippen molar-refractivity contribution in [3.8, 4) is 11.1 Å². The average molecular weight is 241 g/mol. The van der Waals surface area contributed by atoms with E-state index in [-0.39, 0.29) is 0 Å². The average Bonchev–Trinajstić information content (AvgIpc) is 2.40. The number of hydrogen-bond donors (Lipinski definition) is 1. The molecule has 0 bridgehead atoms. The largest absolute Gasteiger partial charge is 0.453 e. The molecule has 0 aliphatic carbocycles. The van der Waals surface area contributed by atoms with E-state index >= 15 is 0 Å². The maximum absolute atomic E-state index is 11.3. The molecule has 18 heavy (non-hydrogen) atoms. The van der Waals surface area contributed by atoms with Crippen LogP contribution in [0, 0.1) is 6.92 Å². The maximum Gasteiger partial charge on any atom is 0.411 e. The fourth-order valence-electron chi connectivity index (χ4n) is 1.79. The second-order valence-electron chi connectivity index (χ2n) is 4.03. The number of rotatable bonds is 2. The fourth-order valence-corrected chi connectivity index (χ4v) is 1.79. The Labute approximate surface area is 106 Å². The van der Waals surface area contributed by atoms with Crippen LogP contribution in [0.5, 0.6) is 0 Å². The van der Waals surface area contributed by atoms with Gasteiger partial charge in [0.25, 0.3) is 0 Å². The van der Waals surface area contributed by atoms with Gasteiger partial charge in [-0.2, -0.15) is 0 Å². The number of hydrogen-bond acceptors (Lipinski definition) is 2. The van der Waals surface area contributed by atoms with Crippen LogP contribution < -0.4 is 5.32 Å². The van der Waals surface area contributed by atoms with E-state index in [4.69, 9.17) is 0 Å². The molecule has 0 fully saturated rings. The molecular weight excluding hydrogens is 226 g/mol. The standard InChI is InChI=1S/C15H15NO2/c1-11-8-9-13(12-6-4-3-5-7-12)14(10-11)16-15(17)18-2/h3-10H,1-2H3,(H,16,17). The van der Waals surface area contributed by atoms with Gasteiger partial charge in [0.2, 0.25) is 0 Å². The van der Waals surface area contributed by atoms with Crippen LogP contribution in [0.15, 0.2) is 48.5 Å². The molecule has 0 heterocycles. The van der Waals surface area contributed by atoms with Gasteiger partial charge in [-0.3, -0.25) is 5.32 Å². The number of nitrogens with one attached hydrogen (secondary N) is 1. The van der Waals surface area contributed by atoms with Crippen LogP contribution in [0.4, 0.5) is 10.5 Å². The normalized spacial score (nSPS) is 9.89. The Morgan fingerprint density at radius 3 is 2.50 bits per heavy atom. The number of anilines is 1. The van der Waals surface area contributed by atoms with Crippen molar-refractivity contribution in [3.05, 3.63) is 54.1 Å². The quantitative estimate of drug-likeness (QED) is 0.867. The minimum absolute atomic E-state index is 0.460. The summed E-state index contributed by atoms with van der Waals surface area (Å²) >= 11 is 0. The number of aryl methyl sites for hydroxylation is 1. The summed E-state index contributed by atoms with van der Waals surface area (Å²) in [5, 5.41) is 2.74. The number of benzene rings is 2. The van der Waals surface area contributed by atoms with Crippen LogP contribution in [-0.2, 0) is 4.74 Å². The van der Waals surface area contributed by atoms with Crippen LogP contribution in [0.25, 0.3) is 11.1 Å². The van der Waals surface area contributed by atoms with Crippen molar-refractivity contribution in [2.45, 2.75) is 6.92 Å². The van der Waals surface area contributed by atoms with E-state index in [0.29, 0.717) is 0 Å². The molecule has 1 amide bonds. The Kier molecular flexibility index (Phi) is 3.63. The molecule has 2 rings (SSSR count).